The van der Waals surface area contributed by atoms with Crippen molar-refractivity contribution in [1.82, 2.24) is 9.97 Å². The van der Waals surface area contributed by atoms with Crippen molar-refractivity contribution < 1.29 is 4.79 Å². The molecule has 1 amide bonds. The third-order valence-corrected chi connectivity index (χ3v) is 2.60. The Bertz CT molecular complexity index is 346. The normalized spacial score (nSPS) is 9.15. The maximum absolute atomic E-state index is 10.7. The number of aromatic nitrogens is 2. The first kappa shape index (κ1) is 13.2. The first-order chi connectivity index (χ1) is 5.52. The van der Waals surface area contributed by atoms with Crippen molar-refractivity contribution in [2.45, 2.75) is 0 Å². The molecule has 0 saturated carbocycles. The number of nitrogens with two attached hydrogens (primary N) is 1. The minimum atomic E-state index is -0.720. The highest BCUT2D eigenvalue weighted by Gasteiger charge is 2.12. The second-order valence-corrected chi connectivity index (χ2v) is 3.55. The van der Waals surface area contributed by atoms with Crippen LogP contribution in [0.25, 0.3) is 0 Å². The molecule has 1 aromatic rings. The Morgan fingerprint density at radius 3 is 2.31 bits per heavy atom. The molecule has 0 bridgehead atoms. The molecular weight excluding hydrogens is 351 g/mol. The standard InChI is InChI=1S/C5H2Cl2IN3O.ClH/c6-2-1(5(9)12)10-4(8)3(7)11-2;/h(H2,9,12);1H. The molecule has 0 radical (unpaired) electrons. The summed E-state index contributed by atoms with van der Waals surface area (Å²) < 4.78 is 0.396. The monoisotopic (exact) mass is 353 g/mol. The number of carbonyl (C=O) groups is 1. The molecule has 1 heterocycles. The molecule has 0 aliphatic heterocycles. The van der Waals surface area contributed by atoms with Crippen LogP contribution in [0.2, 0.25) is 10.3 Å². The van der Waals surface area contributed by atoms with Gasteiger partial charge in [0.05, 0.1) is 0 Å². The van der Waals surface area contributed by atoms with Crippen molar-refractivity contribution >= 4 is 64.1 Å². The van der Waals surface area contributed by atoms with Crippen LogP contribution in [0.3, 0.4) is 0 Å². The maximum Gasteiger partial charge on any atom is 0.270 e. The van der Waals surface area contributed by atoms with E-state index in [1.54, 1.807) is 0 Å². The van der Waals surface area contributed by atoms with Crippen LogP contribution < -0.4 is 5.73 Å². The van der Waals surface area contributed by atoms with Crippen molar-refractivity contribution in [3.05, 3.63) is 19.7 Å². The van der Waals surface area contributed by atoms with Crippen molar-refractivity contribution in [1.29, 1.82) is 0 Å². The van der Waals surface area contributed by atoms with E-state index in [1.165, 1.54) is 0 Å². The lowest BCUT2D eigenvalue weighted by Crippen LogP contribution is -2.15. The molecule has 0 unspecified atom stereocenters. The fourth-order valence-electron chi connectivity index (χ4n) is 0.532. The van der Waals surface area contributed by atoms with E-state index in [-0.39, 0.29) is 28.4 Å². The average molecular weight is 354 g/mol. The molecule has 1 rings (SSSR count). The molecule has 8 heteroatoms. The number of hydrogen-bond donors (Lipinski definition) is 1. The Kier molecular flexibility index (Phi) is 5.19. The van der Waals surface area contributed by atoms with Gasteiger partial charge in [0, 0.05) is 0 Å². The molecule has 1 aromatic heterocycles. The summed E-state index contributed by atoms with van der Waals surface area (Å²) in [5.41, 5.74) is 4.90. The van der Waals surface area contributed by atoms with E-state index >= 15 is 0 Å². The van der Waals surface area contributed by atoms with Crippen molar-refractivity contribution in [3.8, 4) is 0 Å². The molecule has 2 N–H and O–H groups in total. The molecule has 0 atom stereocenters. The third-order valence-electron chi connectivity index (χ3n) is 1.01. The van der Waals surface area contributed by atoms with E-state index in [1.807, 2.05) is 22.6 Å². The predicted molar refractivity (Wildman–Crippen MR) is 60.5 cm³/mol. The SMILES string of the molecule is Cl.NC(=O)c1nc(I)c(Cl)nc1Cl. The lowest BCUT2D eigenvalue weighted by atomic mass is 10.4. The lowest BCUT2D eigenvalue weighted by Gasteiger charge is -1.99. The molecule has 0 aromatic carbocycles. The molecule has 0 spiro atoms. The molecule has 0 aliphatic rings. The lowest BCUT2D eigenvalue weighted by molar-refractivity contribution is 0.0995. The van der Waals surface area contributed by atoms with Crippen LogP contribution in [0.1, 0.15) is 10.5 Å². The molecule has 0 saturated heterocycles. The van der Waals surface area contributed by atoms with Crippen molar-refractivity contribution in [2.75, 3.05) is 0 Å². The zero-order valence-corrected chi connectivity index (χ0v) is 10.4. The summed E-state index contributed by atoms with van der Waals surface area (Å²) in [5, 5.41) is 0.0820. The molecular formula is C5H3Cl3IN3O. The van der Waals surface area contributed by atoms with Gasteiger partial charge in [-0.25, -0.2) is 9.97 Å². The highest BCUT2D eigenvalue weighted by Crippen LogP contribution is 2.18. The summed E-state index contributed by atoms with van der Waals surface area (Å²) in [5.74, 6) is -0.720. The molecule has 13 heavy (non-hydrogen) atoms. The summed E-state index contributed by atoms with van der Waals surface area (Å²) in [4.78, 5) is 18.1. The second-order valence-electron chi connectivity index (χ2n) is 1.81. The van der Waals surface area contributed by atoms with Crippen LogP contribution in [-0.2, 0) is 0 Å². The van der Waals surface area contributed by atoms with Gasteiger partial charge in [-0.15, -0.1) is 12.4 Å². The number of carbonyl (C=O) groups excluding carboxylic acids is 1. The molecule has 0 fully saturated rings. The van der Waals surface area contributed by atoms with E-state index in [9.17, 15) is 4.79 Å². The Morgan fingerprint density at radius 2 is 1.85 bits per heavy atom. The van der Waals surface area contributed by atoms with Gasteiger partial charge in [0.1, 0.15) is 3.70 Å². The smallest absolute Gasteiger partial charge is 0.270 e. The Labute approximate surface area is 104 Å². The van der Waals surface area contributed by atoms with Crippen LogP contribution >= 0.6 is 58.2 Å². The van der Waals surface area contributed by atoms with Gasteiger partial charge in [0.15, 0.2) is 16.0 Å². The Hall–Kier alpha value is 0.150. The number of halogens is 4. The number of rotatable bonds is 1. The van der Waals surface area contributed by atoms with Crippen LogP contribution in [0.5, 0.6) is 0 Å². The van der Waals surface area contributed by atoms with Crippen LogP contribution in [0.4, 0.5) is 0 Å². The van der Waals surface area contributed by atoms with Gasteiger partial charge in [-0.3, -0.25) is 4.79 Å². The van der Waals surface area contributed by atoms with Gasteiger partial charge in [-0.1, -0.05) is 23.2 Å². The summed E-state index contributed by atoms with van der Waals surface area (Å²) in [6.45, 7) is 0. The predicted octanol–water partition coefficient (Wildman–Crippen LogP) is 1.91. The largest absolute Gasteiger partial charge is 0.364 e. The van der Waals surface area contributed by atoms with Crippen LogP contribution in [0.15, 0.2) is 0 Å². The average Bonchev–Trinajstić information content (AvgIpc) is 1.96. The Morgan fingerprint density at radius 1 is 1.31 bits per heavy atom. The molecule has 4 nitrogen and oxygen atoms in total. The van der Waals surface area contributed by atoms with Crippen LogP contribution in [-0.4, -0.2) is 15.9 Å². The summed E-state index contributed by atoms with van der Waals surface area (Å²) >= 11 is 12.9. The fourth-order valence-corrected chi connectivity index (χ4v) is 1.28. The van der Waals surface area contributed by atoms with Gasteiger partial charge < -0.3 is 5.73 Å². The number of amides is 1. The second kappa shape index (κ2) is 5.14. The van der Waals surface area contributed by atoms with Gasteiger partial charge in [0.25, 0.3) is 5.91 Å². The summed E-state index contributed by atoms with van der Waals surface area (Å²) in [6.07, 6.45) is 0. The third kappa shape index (κ3) is 3.08. The summed E-state index contributed by atoms with van der Waals surface area (Å²) in [6, 6.07) is 0. The minimum absolute atomic E-state index is 0. The highest BCUT2D eigenvalue weighted by molar-refractivity contribution is 14.1. The van der Waals surface area contributed by atoms with E-state index in [0.29, 0.717) is 3.70 Å². The van der Waals surface area contributed by atoms with E-state index in [0.717, 1.165) is 0 Å². The van der Waals surface area contributed by atoms with E-state index in [4.69, 9.17) is 28.9 Å². The number of hydrogen-bond acceptors (Lipinski definition) is 3. The first-order valence-electron chi connectivity index (χ1n) is 2.70. The highest BCUT2D eigenvalue weighted by atomic mass is 127. The number of primary amides is 1. The minimum Gasteiger partial charge on any atom is -0.364 e. The Balaban J connectivity index is 0.00000144. The van der Waals surface area contributed by atoms with Crippen molar-refractivity contribution in [3.63, 3.8) is 0 Å². The van der Waals surface area contributed by atoms with Gasteiger partial charge >= 0.3 is 0 Å². The van der Waals surface area contributed by atoms with E-state index in [2.05, 4.69) is 9.97 Å². The number of nitrogens with zero attached hydrogens (tertiary/aromatic N) is 2. The molecule has 72 valence electrons. The van der Waals surface area contributed by atoms with Crippen LogP contribution in [0, 0.1) is 3.70 Å². The zero-order chi connectivity index (χ0) is 9.30. The van der Waals surface area contributed by atoms with E-state index < -0.39 is 5.91 Å². The molecule has 0 aliphatic carbocycles. The topological polar surface area (TPSA) is 68.9 Å². The fraction of sp³-hybridized carbons (Fsp3) is 0. The maximum atomic E-state index is 10.7. The van der Waals surface area contributed by atoms with Gasteiger partial charge in [-0.2, -0.15) is 0 Å². The zero-order valence-electron chi connectivity index (χ0n) is 5.92. The quantitative estimate of drug-likeness (QED) is 0.784. The van der Waals surface area contributed by atoms with Crippen molar-refractivity contribution in [2.24, 2.45) is 5.73 Å². The van der Waals surface area contributed by atoms with Gasteiger partial charge in [0.2, 0.25) is 0 Å². The summed E-state index contributed by atoms with van der Waals surface area (Å²) in [7, 11) is 0. The first-order valence-corrected chi connectivity index (χ1v) is 4.54. The van der Waals surface area contributed by atoms with Gasteiger partial charge in [-0.05, 0) is 22.6 Å².